The summed E-state index contributed by atoms with van der Waals surface area (Å²) in [5.41, 5.74) is 4.76. The zero-order chi connectivity index (χ0) is 11.4. The minimum atomic E-state index is -1.24. The number of amides is 1. The third-order valence-electron chi connectivity index (χ3n) is 1.70. The highest BCUT2D eigenvalue weighted by atomic mass is 19.2. The van der Waals surface area contributed by atoms with E-state index in [-0.39, 0.29) is 18.7 Å². The summed E-state index contributed by atoms with van der Waals surface area (Å²) >= 11 is 0. The van der Waals surface area contributed by atoms with Gasteiger partial charge in [0.25, 0.3) is 0 Å². The third-order valence-corrected chi connectivity index (χ3v) is 1.70. The van der Waals surface area contributed by atoms with Gasteiger partial charge < -0.3 is 11.1 Å². The zero-order valence-electron chi connectivity index (χ0n) is 7.69. The van der Waals surface area contributed by atoms with Gasteiger partial charge in [-0.2, -0.15) is 0 Å². The molecule has 0 atom stereocenters. The molecule has 3 nitrogen and oxygen atoms in total. The second-order valence-electron chi connectivity index (χ2n) is 2.93. The highest BCUT2D eigenvalue weighted by Gasteiger charge is 2.09. The Morgan fingerprint density at radius 3 is 2.40 bits per heavy atom. The molecule has 0 radical (unpaired) electrons. The quantitative estimate of drug-likeness (QED) is 0.730. The molecule has 15 heavy (non-hydrogen) atoms. The summed E-state index contributed by atoms with van der Waals surface area (Å²) in [5, 5.41) is 2.48. The van der Waals surface area contributed by atoms with Crippen molar-refractivity contribution in [3.8, 4) is 0 Å². The van der Waals surface area contributed by atoms with Gasteiger partial charge in [-0.1, -0.05) is 0 Å². The Morgan fingerprint density at radius 2 is 1.80 bits per heavy atom. The third kappa shape index (κ3) is 3.25. The van der Waals surface area contributed by atoms with Crippen molar-refractivity contribution in [1.82, 2.24) is 5.32 Å². The van der Waals surface area contributed by atoms with E-state index in [4.69, 9.17) is 5.73 Å². The van der Waals surface area contributed by atoms with Gasteiger partial charge in [-0.3, -0.25) is 4.79 Å². The fourth-order valence-electron chi connectivity index (χ4n) is 1.02. The summed E-state index contributed by atoms with van der Waals surface area (Å²) in [7, 11) is 0. The fourth-order valence-corrected chi connectivity index (χ4v) is 1.02. The zero-order valence-corrected chi connectivity index (χ0v) is 7.69. The van der Waals surface area contributed by atoms with Gasteiger partial charge in [0, 0.05) is 18.2 Å². The van der Waals surface area contributed by atoms with Crippen molar-refractivity contribution in [3.63, 3.8) is 0 Å². The van der Waals surface area contributed by atoms with Crippen LogP contribution < -0.4 is 11.1 Å². The summed E-state index contributed by atoms with van der Waals surface area (Å²) < 4.78 is 38.2. The summed E-state index contributed by atoms with van der Waals surface area (Å²) in [4.78, 5) is 10.3. The van der Waals surface area contributed by atoms with Gasteiger partial charge in [-0.15, -0.1) is 0 Å². The Bertz CT molecular complexity index is 382. The van der Waals surface area contributed by atoms with Crippen LogP contribution in [0.1, 0.15) is 5.56 Å². The number of hydrogen-bond donors (Lipinski definition) is 2. The number of hydrogen-bond acceptors (Lipinski definition) is 2. The first-order valence-corrected chi connectivity index (χ1v) is 4.13. The molecule has 0 aromatic heterocycles. The molecule has 0 aliphatic heterocycles. The Labute approximate surface area is 84.1 Å². The van der Waals surface area contributed by atoms with E-state index in [1.807, 2.05) is 0 Å². The lowest BCUT2D eigenvalue weighted by Gasteiger charge is -2.04. The standard InChI is InChI=1S/C9H9F3N2O/c10-6-2-8(12)7(11)1-5(6)3-14-4-9(13)15/h1-2,14H,3-4H2,(H2,13,15). The number of benzene rings is 1. The molecule has 0 saturated heterocycles. The average molecular weight is 218 g/mol. The number of rotatable bonds is 4. The summed E-state index contributed by atoms with van der Waals surface area (Å²) in [6, 6.07) is 1.19. The lowest BCUT2D eigenvalue weighted by atomic mass is 10.2. The molecule has 0 aliphatic rings. The smallest absolute Gasteiger partial charge is 0.231 e. The predicted octanol–water partition coefficient (Wildman–Crippen LogP) is 0.679. The normalized spacial score (nSPS) is 10.3. The highest BCUT2D eigenvalue weighted by Crippen LogP contribution is 2.13. The average Bonchev–Trinajstić information content (AvgIpc) is 2.13. The Kier molecular flexibility index (Phi) is 3.68. The SMILES string of the molecule is NC(=O)CNCc1cc(F)c(F)cc1F. The highest BCUT2D eigenvalue weighted by molar-refractivity contribution is 5.75. The minimum absolute atomic E-state index is 0.0600. The number of nitrogens with two attached hydrogens (primary N) is 1. The van der Waals surface area contributed by atoms with Crippen molar-refractivity contribution in [2.45, 2.75) is 6.54 Å². The van der Waals surface area contributed by atoms with Crippen LogP contribution in [0.25, 0.3) is 0 Å². The molecular weight excluding hydrogens is 209 g/mol. The van der Waals surface area contributed by atoms with E-state index in [0.29, 0.717) is 6.07 Å². The van der Waals surface area contributed by atoms with Crippen LogP contribution in [0.4, 0.5) is 13.2 Å². The second-order valence-corrected chi connectivity index (χ2v) is 2.93. The molecule has 0 fully saturated rings. The van der Waals surface area contributed by atoms with E-state index in [1.165, 1.54) is 0 Å². The van der Waals surface area contributed by atoms with Gasteiger partial charge in [0.15, 0.2) is 11.6 Å². The summed E-state index contributed by atoms with van der Waals surface area (Å²) in [6.07, 6.45) is 0. The number of carbonyl (C=O) groups is 1. The lowest BCUT2D eigenvalue weighted by molar-refractivity contribution is -0.117. The number of carbonyl (C=O) groups excluding carboxylic acids is 1. The summed E-state index contributed by atoms with van der Waals surface area (Å²) in [6.45, 7) is -0.246. The molecule has 1 rings (SSSR count). The largest absolute Gasteiger partial charge is 0.369 e. The maximum Gasteiger partial charge on any atom is 0.231 e. The molecule has 0 unspecified atom stereocenters. The number of halogens is 3. The van der Waals surface area contributed by atoms with Crippen molar-refractivity contribution >= 4 is 5.91 Å². The Balaban J connectivity index is 2.69. The molecule has 0 aliphatic carbocycles. The van der Waals surface area contributed by atoms with Crippen molar-refractivity contribution < 1.29 is 18.0 Å². The van der Waals surface area contributed by atoms with Crippen LogP contribution in [-0.4, -0.2) is 12.5 Å². The monoisotopic (exact) mass is 218 g/mol. The molecule has 1 aromatic carbocycles. The summed E-state index contributed by atoms with van der Waals surface area (Å²) in [5.74, 6) is -3.86. The van der Waals surface area contributed by atoms with Crippen LogP contribution in [0, 0.1) is 17.5 Å². The van der Waals surface area contributed by atoms with Crippen molar-refractivity contribution in [3.05, 3.63) is 35.1 Å². The molecule has 6 heteroatoms. The van der Waals surface area contributed by atoms with Gasteiger partial charge in [0.2, 0.25) is 5.91 Å². The van der Waals surface area contributed by atoms with Crippen LogP contribution in [-0.2, 0) is 11.3 Å². The molecule has 1 aromatic rings. The van der Waals surface area contributed by atoms with Gasteiger partial charge in [-0.05, 0) is 6.07 Å². The van der Waals surface area contributed by atoms with E-state index < -0.39 is 23.4 Å². The van der Waals surface area contributed by atoms with Crippen LogP contribution in [0.2, 0.25) is 0 Å². The van der Waals surface area contributed by atoms with Crippen LogP contribution in [0.15, 0.2) is 12.1 Å². The Hall–Kier alpha value is -1.56. The van der Waals surface area contributed by atoms with Crippen LogP contribution in [0.5, 0.6) is 0 Å². The first-order valence-electron chi connectivity index (χ1n) is 4.13. The minimum Gasteiger partial charge on any atom is -0.369 e. The van der Waals surface area contributed by atoms with E-state index in [0.717, 1.165) is 6.07 Å². The molecule has 0 spiro atoms. The fraction of sp³-hybridized carbons (Fsp3) is 0.222. The molecule has 1 amide bonds. The number of primary amides is 1. The van der Waals surface area contributed by atoms with Crippen LogP contribution in [0.3, 0.4) is 0 Å². The van der Waals surface area contributed by atoms with E-state index in [9.17, 15) is 18.0 Å². The number of nitrogens with one attached hydrogen (secondary N) is 1. The molecule has 0 saturated carbocycles. The van der Waals surface area contributed by atoms with Gasteiger partial charge in [0.05, 0.1) is 6.54 Å². The maximum absolute atomic E-state index is 13.0. The first-order chi connectivity index (χ1) is 7.00. The van der Waals surface area contributed by atoms with E-state index in [1.54, 1.807) is 0 Å². The predicted molar refractivity (Wildman–Crippen MR) is 47.2 cm³/mol. The molecular formula is C9H9F3N2O. The van der Waals surface area contributed by atoms with Gasteiger partial charge in [0.1, 0.15) is 5.82 Å². The maximum atomic E-state index is 13.0. The second kappa shape index (κ2) is 4.79. The lowest BCUT2D eigenvalue weighted by Crippen LogP contribution is -2.28. The molecule has 3 N–H and O–H groups in total. The van der Waals surface area contributed by atoms with E-state index >= 15 is 0 Å². The van der Waals surface area contributed by atoms with Gasteiger partial charge >= 0.3 is 0 Å². The molecule has 0 bridgehead atoms. The first kappa shape index (κ1) is 11.5. The van der Waals surface area contributed by atoms with Gasteiger partial charge in [-0.25, -0.2) is 13.2 Å². The van der Waals surface area contributed by atoms with Crippen LogP contribution >= 0.6 is 0 Å². The van der Waals surface area contributed by atoms with Crippen molar-refractivity contribution in [2.24, 2.45) is 5.73 Å². The topological polar surface area (TPSA) is 55.1 Å². The van der Waals surface area contributed by atoms with Crippen molar-refractivity contribution in [2.75, 3.05) is 6.54 Å². The molecule has 82 valence electrons. The Morgan fingerprint density at radius 1 is 1.20 bits per heavy atom. The van der Waals surface area contributed by atoms with Crippen molar-refractivity contribution in [1.29, 1.82) is 0 Å². The molecule has 0 heterocycles. The van der Waals surface area contributed by atoms with E-state index in [2.05, 4.69) is 5.32 Å².